The Kier molecular flexibility index (Phi) is 8.26. The van der Waals surface area contributed by atoms with Gasteiger partial charge in [0.1, 0.15) is 5.56 Å². The first kappa shape index (κ1) is 22.3. The summed E-state index contributed by atoms with van der Waals surface area (Å²) >= 11 is 0. The van der Waals surface area contributed by atoms with Crippen molar-refractivity contribution in [1.29, 1.82) is 0 Å². The summed E-state index contributed by atoms with van der Waals surface area (Å²) < 4.78 is 1.66. The lowest BCUT2D eigenvalue weighted by Crippen LogP contribution is -2.37. The fourth-order valence-electron chi connectivity index (χ4n) is 4.18. The Balaban J connectivity index is 1.60. The van der Waals surface area contributed by atoms with Crippen LogP contribution < -0.4 is 5.56 Å². The molecular weight excluding hydrogens is 374 g/mol. The zero-order chi connectivity index (χ0) is 21.3. The number of aryl methyl sites for hydroxylation is 3. The summed E-state index contributed by atoms with van der Waals surface area (Å²) in [6.45, 7) is 6.45. The number of carbonyl (C=O) groups excluding carboxylic acids is 1. The number of nitrogens with zero attached hydrogens (tertiary/aromatic N) is 3. The second-order valence-corrected chi connectivity index (χ2v) is 8.44. The molecule has 0 atom stereocenters. The zero-order valence-electron chi connectivity index (χ0n) is 18.5. The van der Waals surface area contributed by atoms with Crippen LogP contribution in [0.25, 0.3) is 0 Å². The second-order valence-electron chi connectivity index (χ2n) is 8.44. The van der Waals surface area contributed by atoms with Crippen molar-refractivity contribution in [3.05, 3.63) is 69.6 Å². The SMILES string of the molecule is Cc1ccn(CCc2ccccc2)c(=O)c1C(=O)N(C)CCCN1CCCCCC1. The Morgan fingerprint density at radius 2 is 1.70 bits per heavy atom. The Labute approximate surface area is 180 Å². The van der Waals surface area contributed by atoms with Crippen molar-refractivity contribution in [2.45, 2.75) is 52.0 Å². The Morgan fingerprint density at radius 1 is 1.00 bits per heavy atom. The molecule has 3 rings (SSSR count). The van der Waals surface area contributed by atoms with Crippen LogP contribution in [0.15, 0.2) is 47.4 Å². The minimum Gasteiger partial charge on any atom is -0.341 e. The third-order valence-electron chi connectivity index (χ3n) is 6.08. The van der Waals surface area contributed by atoms with Gasteiger partial charge in [0.05, 0.1) is 0 Å². The van der Waals surface area contributed by atoms with Gasteiger partial charge in [-0.1, -0.05) is 43.2 Å². The van der Waals surface area contributed by atoms with Gasteiger partial charge in [0.15, 0.2) is 0 Å². The van der Waals surface area contributed by atoms with Crippen LogP contribution in [0.3, 0.4) is 0 Å². The van der Waals surface area contributed by atoms with Crippen molar-refractivity contribution in [2.75, 3.05) is 33.2 Å². The largest absolute Gasteiger partial charge is 0.341 e. The Hall–Kier alpha value is -2.40. The molecule has 0 unspecified atom stereocenters. The number of aromatic nitrogens is 1. The predicted octanol–water partition coefficient (Wildman–Crippen LogP) is 3.74. The molecule has 2 aromatic rings. The molecule has 0 saturated carbocycles. The van der Waals surface area contributed by atoms with E-state index in [1.807, 2.05) is 38.2 Å². The minimum atomic E-state index is -0.185. The van der Waals surface area contributed by atoms with Crippen LogP contribution in [-0.2, 0) is 13.0 Å². The average molecular weight is 410 g/mol. The fraction of sp³-hybridized carbons (Fsp3) is 0.520. The van der Waals surface area contributed by atoms with Gasteiger partial charge in [-0.25, -0.2) is 0 Å². The predicted molar refractivity (Wildman–Crippen MR) is 122 cm³/mol. The molecular formula is C25H35N3O2. The molecule has 1 aromatic heterocycles. The van der Waals surface area contributed by atoms with E-state index < -0.39 is 0 Å². The van der Waals surface area contributed by atoms with E-state index in [-0.39, 0.29) is 11.5 Å². The summed E-state index contributed by atoms with van der Waals surface area (Å²) in [5.74, 6) is -0.164. The molecule has 0 aliphatic carbocycles. The molecule has 30 heavy (non-hydrogen) atoms. The molecule has 1 saturated heterocycles. The second kappa shape index (κ2) is 11.1. The third kappa shape index (κ3) is 6.05. The summed E-state index contributed by atoms with van der Waals surface area (Å²) in [6, 6.07) is 12.0. The van der Waals surface area contributed by atoms with Crippen LogP contribution in [0.2, 0.25) is 0 Å². The maximum atomic E-state index is 13.0. The number of amides is 1. The van der Waals surface area contributed by atoms with Gasteiger partial charge in [-0.2, -0.15) is 0 Å². The number of carbonyl (C=O) groups is 1. The molecule has 1 aromatic carbocycles. The van der Waals surface area contributed by atoms with Crippen molar-refractivity contribution >= 4 is 5.91 Å². The number of hydrogen-bond donors (Lipinski definition) is 0. The van der Waals surface area contributed by atoms with Crippen LogP contribution in [-0.4, -0.2) is 53.5 Å². The highest BCUT2D eigenvalue weighted by Crippen LogP contribution is 2.11. The molecule has 0 radical (unpaired) electrons. The van der Waals surface area contributed by atoms with Crippen molar-refractivity contribution in [3.8, 4) is 0 Å². The molecule has 1 amide bonds. The van der Waals surface area contributed by atoms with Crippen molar-refractivity contribution in [3.63, 3.8) is 0 Å². The van der Waals surface area contributed by atoms with Crippen LogP contribution in [0.1, 0.15) is 53.6 Å². The van der Waals surface area contributed by atoms with Crippen molar-refractivity contribution in [2.24, 2.45) is 0 Å². The molecule has 0 spiro atoms. The van der Waals surface area contributed by atoms with Gasteiger partial charge in [0, 0.05) is 26.3 Å². The molecule has 1 aliphatic rings. The number of hydrogen-bond acceptors (Lipinski definition) is 3. The molecule has 0 N–H and O–H groups in total. The van der Waals surface area contributed by atoms with Crippen molar-refractivity contribution in [1.82, 2.24) is 14.4 Å². The highest BCUT2D eigenvalue weighted by Gasteiger charge is 2.19. The quantitative estimate of drug-likeness (QED) is 0.667. The van der Waals surface area contributed by atoms with Crippen LogP contribution in [0.5, 0.6) is 0 Å². The molecule has 0 bridgehead atoms. The third-order valence-corrected chi connectivity index (χ3v) is 6.08. The van der Waals surface area contributed by atoms with E-state index >= 15 is 0 Å². The maximum Gasteiger partial charge on any atom is 0.263 e. The standard InChI is InChI=1S/C25H35N3O2/c1-21-13-19-28(20-14-22-11-6-5-7-12-22)25(30)23(21)24(29)26(2)15-10-18-27-16-8-3-4-9-17-27/h5-7,11-13,19H,3-4,8-10,14-18,20H2,1-2H3. The summed E-state index contributed by atoms with van der Waals surface area (Å²) in [4.78, 5) is 30.3. The first-order valence-corrected chi connectivity index (χ1v) is 11.3. The highest BCUT2D eigenvalue weighted by molar-refractivity contribution is 5.95. The van der Waals surface area contributed by atoms with E-state index in [0.717, 1.165) is 24.9 Å². The lowest BCUT2D eigenvalue weighted by Gasteiger charge is -2.23. The molecule has 5 nitrogen and oxygen atoms in total. The van der Waals surface area contributed by atoms with Gasteiger partial charge >= 0.3 is 0 Å². The average Bonchev–Trinajstić information content (AvgIpc) is 3.02. The molecule has 5 heteroatoms. The van der Waals surface area contributed by atoms with Crippen LogP contribution in [0.4, 0.5) is 0 Å². The monoisotopic (exact) mass is 409 g/mol. The number of rotatable bonds is 8. The Bertz CT molecular complexity index is 868. The first-order valence-electron chi connectivity index (χ1n) is 11.3. The number of pyridine rings is 1. The maximum absolute atomic E-state index is 13.0. The van der Waals surface area contributed by atoms with E-state index in [0.29, 0.717) is 18.7 Å². The van der Waals surface area contributed by atoms with E-state index in [9.17, 15) is 9.59 Å². The normalized spacial score (nSPS) is 15.0. The Morgan fingerprint density at radius 3 is 2.40 bits per heavy atom. The summed E-state index contributed by atoms with van der Waals surface area (Å²) in [5.41, 5.74) is 2.06. The molecule has 1 fully saturated rings. The van der Waals surface area contributed by atoms with Gasteiger partial charge < -0.3 is 14.4 Å². The topological polar surface area (TPSA) is 45.6 Å². The van der Waals surface area contributed by atoms with Gasteiger partial charge in [0.2, 0.25) is 0 Å². The van der Waals surface area contributed by atoms with E-state index in [1.54, 1.807) is 15.7 Å². The molecule has 1 aliphatic heterocycles. The van der Waals surface area contributed by atoms with E-state index in [2.05, 4.69) is 17.0 Å². The van der Waals surface area contributed by atoms with Crippen molar-refractivity contribution < 1.29 is 4.79 Å². The zero-order valence-corrected chi connectivity index (χ0v) is 18.5. The van der Waals surface area contributed by atoms with E-state index in [1.165, 1.54) is 44.3 Å². The summed E-state index contributed by atoms with van der Waals surface area (Å²) in [5, 5.41) is 0. The molecule has 2 heterocycles. The van der Waals surface area contributed by atoms with Gasteiger partial charge in [-0.05, 0) is 69.4 Å². The minimum absolute atomic E-state index is 0.164. The van der Waals surface area contributed by atoms with Crippen LogP contribution in [0, 0.1) is 6.92 Å². The lowest BCUT2D eigenvalue weighted by molar-refractivity contribution is 0.0785. The summed E-state index contributed by atoms with van der Waals surface area (Å²) in [7, 11) is 1.81. The lowest BCUT2D eigenvalue weighted by atomic mass is 10.1. The molecule has 162 valence electrons. The summed E-state index contributed by atoms with van der Waals surface area (Å²) in [6.07, 6.45) is 8.73. The van der Waals surface area contributed by atoms with Gasteiger partial charge in [0.25, 0.3) is 11.5 Å². The van der Waals surface area contributed by atoms with Crippen LogP contribution >= 0.6 is 0 Å². The van der Waals surface area contributed by atoms with E-state index in [4.69, 9.17) is 0 Å². The number of likely N-dealkylation sites (tertiary alicyclic amines) is 1. The van der Waals surface area contributed by atoms with Gasteiger partial charge in [-0.15, -0.1) is 0 Å². The first-order chi connectivity index (χ1) is 14.6. The van der Waals surface area contributed by atoms with Gasteiger partial charge in [-0.3, -0.25) is 9.59 Å². The number of benzene rings is 1. The fourth-order valence-corrected chi connectivity index (χ4v) is 4.18. The smallest absolute Gasteiger partial charge is 0.263 e. The highest BCUT2D eigenvalue weighted by atomic mass is 16.2.